The summed E-state index contributed by atoms with van der Waals surface area (Å²) in [5, 5.41) is 37.7. The highest BCUT2D eigenvalue weighted by Gasteiger charge is 2.17. The number of ether oxygens (including phenoxy) is 2. The number of carbonyl (C=O) groups is 1. The standard InChI is InChI=1S/C14H12O7/c1-20-10-3-2-4-11(13(10)18)21-14(19)7-5-8(15)12(17)9(16)6-7/h2-6,15-18H,1H3. The quantitative estimate of drug-likeness (QED) is 0.386. The van der Waals surface area contributed by atoms with Crippen molar-refractivity contribution in [3.8, 4) is 34.5 Å². The van der Waals surface area contributed by atoms with Crippen LogP contribution in [0.2, 0.25) is 0 Å². The zero-order valence-electron chi connectivity index (χ0n) is 10.9. The lowest BCUT2D eigenvalue weighted by Gasteiger charge is -2.10. The molecule has 0 aliphatic heterocycles. The summed E-state index contributed by atoms with van der Waals surface area (Å²) in [5.74, 6) is -3.41. The molecule has 7 nitrogen and oxygen atoms in total. The number of phenols is 4. The lowest BCUT2D eigenvalue weighted by molar-refractivity contribution is 0.0728. The van der Waals surface area contributed by atoms with E-state index in [1.807, 2.05) is 0 Å². The summed E-state index contributed by atoms with van der Waals surface area (Å²) in [6.07, 6.45) is 0. The maximum absolute atomic E-state index is 11.9. The van der Waals surface area contributed by atoms with E-state index in [4.69, 9.17) is 9.47 Å². The molecule has 0 aliphatic carbocycles. The van der Waals surface area contributed by atoms with E-state index >= 15 is 0 Å². The van der Waals surface area contributed by atoms with Crippen LogP contribution in [0.4, 0.5) is 0 Å². The minimum atomic E-state index is -0.941. The number of hydrogen-bond donors (Lipinski definition) is 4. The van der Waals surface area contributed by atoms with Gasteiger partial charge in [0.25, 0.3) is 0 Å². The average molecular weight is 292 g/mol. The maximum Gasteiger partial charge on any atom is 0.343 e. The molecule has 0 spiro atoms. The van der Waals surface area contributed by atoms with Gasteiger partial charge in [0.2, 0.25) is 5.75 Å². The molecule has 0 radical (unpaired) electrons. The average Bonchev–Trinajstić information content (AvgIpc) is 2.46. The van der Waals surface area contributed by atoms with Crippen LogP contribution in [0.15, 0.2) is 30.3 Å². The number of methoxy groups -OCH3 is 1. The van der Waals surface area contributed by atoms with E-state index in [1.165, 1.54) is 25.3 Å². The molecule has 2 aromatic carbocycles. The van der Waals surface area contributed by atoms with Crippen molar-refractivity contribution in [2.75, 3.05) is 7.11 Å². The van der Waals surface area contributed by atoms with Gasteiger partial charge in [0, 0.05) is 0 Å². The first-order chi connectivity index (χ1) is 9.93. The molecule has 0 amide bonds. The molecule has 0 bridgehead atoms. The number of aromatic hydroxyl groups is 4. The molecule has 0 aliphatic rings. The lowest BCUT2D eigenvalue weighted by Crippen LogP contribution is -2.08. The first-order valence-electron chi connectivity index (χ1n) is 5.77. The van der Waals surface area contributed by atoms with E-state index < -0.39 is 23.2 Å². The van der Waals surface area contributed by atoms with Crippen LogP contribution in [0.5, 0.6) is 34.5 Å². The van der Waals surface area contributed by atoms with Gasteiger partial charge in [-0.25, -0.2) is 4.79 Å². The Bertz CT molecular complexity index is 671. The van der Waals surface area contributed by atoms with Gasteiger partial charge in [-0.3, -0.25) is 0 Å². The van der Waals surface area contributed by atoms with Crippen molar-refractivity contribution < 1.29 is 34.7 Å². The summed E-state index contributed by atoms with van der Waals surface area (Å²) < 4.78 is 9.82. The second kappa shape index (κ2) is 5.49. The van der Waals surface area contributed by atoms with Gasteiger partial charge < -0.3 is 29.9 Å². The molecule has 0 saturated carbocycles. The number of hydrogen-bond acceptors (Lipinski definition) is 7. The van der Waals surface area contributed by atoms with Crippen LogP contribution in [0.25, 0.3) is 0 Å². The zero-order chi connectivity index (χ0) is 15.6. The molecule has 0 aromatic heterocycles. The SMILES string of the molecule is COc1cccc(OC(=O)c2cc(O)c(O)c(O)c2)c1O. The molecule has 0 saturated heterocycles. The van der Waals surface area contributed by atoms with Crippen molar-refractivity contribution >= 4 is 5.97 Å². The van der Waals surface area contributed by atoms with Gasteiger partial charge in [-0.05, 0) is 24.3 Å². The van der Waals surface area contributed by atoms with Crippen LogP contribution in [0, 0.1) is 0 Å². The first-order valence-corrected chi connectivity index (χ1v) is 5.77. The normalized spacial score (nSPS) is 10.1. The van der Waals surface area contributed by atoms with E-state index in [0.29, 0.717) is 0 Å². The highest BCUT2D eigenvalue weighted by atomic mass is 16.5. The van der Waals surface area contributed by atoms with Crippen molar-refractivity contribution in [2.45, 2.75) is 0 Å². The fraction of sp³-hybridized carbons (Fsp3) is 0.0714. The number of esters is 1. The molecule has 7 heteroatoms. The summed E-state index contributed by atoms with van der Waals surface area (Å²) in [5.41, 5.74) is -0.204. The van der Waals surface area contributed by atoms with Crippen LogP contribution in [0.1, 0.15) is 10.4 Å². The van der Waals surface area contributed by atoms with E-state index in [9.17, 15) is 25.2 Å². The van der Waals surface area contributed by atoms with Gasteiger partial charge >= 0.3 is 5.97 Å². The Kier molecular flexibility index (Phi) is 3.75. The third-order valence-electron chi connectivity index (χ3n) is 2.69. The van der Waals surface area contributed by atoms with Gasteiger partial charge in [0.1, 0.15) is 0 Å². The van der Waals surface area contributed by atoms with E-state index in [-0.39, 0.29) is 22.8 Å². The fourth-order valence-electron chi connectivity index (χ4n) is 1.63. The van der Waals surface area contributed by atoms with Crippen LogP contribution in [-0.4, -0.2) is 33.5 Å². The fourth-order valence-corrected chi connectivity index (χ4v) is 1.63. The molecule has 0 unspecified atom stereocenters. The maximum atomic E-state index is 11.9. The smallest absolute Gasteiger partial charge is 0.343 e. The predicted molar refractivity (Wildman–Crippen MR) is 71.1 cm³/mol. The monoisotopic (exact) mass is 292 g/mol. The molecule has 110 valence electrons. The Balaban J connectivity index is 2.30. The number of phenolic OH excluding ortho intramolecular Hbond substituents is 4. The zero-order valence-corrected chi connectivity index (χ0v) is 10.9. The van der Waals surface area contributed by atoms with Gasteiger partial charge in [-0.15, -0.1) is 0 Å². The minimum Gasteiger partial charge on any atom is -0.504 e. The molecule has 21 heavy (non-hydrogen) atoms. The Morgan fingerprint density at radius 3 is 2.10 bits per heavy atom. The molecule has 2 rings (SSSR count). The van der Waals surface area contributed by atoms with Crippen molar-refractivity contribution in [3.63, 3.8) is 0 Å². The van der Waals surface area contributed by atoms with E-state index in [0.717, 1.165) is 12.1 Å². The highest BCUT2D eigenvalue weighted by molar-refractivity contribution is 5.93. The minimum absolute atomic E-state index is 0.122. The third-order valence-corrected chi connectivity index (χ3v) is 2.69. The molecular weight excluding hydrogens is 280 g/mol. The number of benzene rings is 2. The summed E-state index contributed by atoms with van der Waals surface area (Å²) >= 11 is 0. The second-order valence-electron chi connectivity index (χ2n) is 4.06. The van der Waals surface area contributed by atoms with Gasteiger partial charge in [0.05, 0.1) is 12.7 Å². The topological polar surface area (TPSA) is 116 Å². The second-order valence-corrected chi connectivity index (χ2v) is 4.06. The predicted octanol–water partition coefficient (Wildman–Crippen LogP) is 1.74. The number of carbonyl (C=O) groups excluding carboxylic acids is 1. The largest absolute Gasteiger partial charge is 0.504 e. The summed E-state index contributed by atoms with van der Waals surface area (Å²) in [6.45, 7) is 0. The Morgan fingerprint density at radius 1 is 0.952 bits per heavy atom. The van der Waals surface area contributed by atoms with Crippen LogP contribution in [0.3, 0.4) is 0 Å². The number of rotatable bonds is 3. The van der Waals surface area contributed by atoms with Crippen molar-refractivity contribution in [2.24, 2.45) is 0 Å². The summed E-state index contributed by atoms with van der Waals surface area (Å²) in [4.78, 5) is 11.9. The van der Waals surface area contributed by atoms with Crippen molar-refractivity contribution in [1.29, 1.82) is 0 Å². The van der Waals surface area contributed by atoms with Crippen molar-refractivity contribution in [1.82, 2.24) is 0 Å². The molecular formula is C14H12O7. The van der Waals surface area contributed by atoms with Crippen LogP contribution < -0.4 is 9.47 Å². The Hall–Kier alpha value is -3.09. The van der Waals surface area contributed by atoms with Gasteiger partial charge in [0.15, 0.2) is 28.7 Å². The first kappa shape index (κ1) is 14.3. The molecule has 0 fully saturated rings. The number of para-hydroxylation sites is 1. The lowest BCUT2D eigenvalue weighted by atomic mass is 10.2. The van der Waals surface area contributed by atoms with Crippen LogP contribution in [-0.2, 0) is 0 Å². The highest BCUT2D eigenvalue weighted by Crippen LogP contribution is 2.38. The summed E-state index contributed by atoms with van der Waals surface area (Å²) in [6, 6.07) is 6.18. The Labute approximate surface area is 119 Å². The van der Waals surface area contributed by atoms with E-state index in [2.05, 4.69) is 0 Å². The third kappa shape index (κ3) is 2.76. The van der Waals surface area contributed by atoms with Gasteiger partial charge in [-0.2, -0.15) is 0 Å². The molecule has 4 N–H and O–H groups in total. The van der Waals surface area contributed by atoms with Crippen LogP contribution >= 0.6 is 0 Å². The van der Waals surface area contributed by atoms with Crippen molar-refractivity contribution in [3.05, 3.63) is 35.9 Å². The van der Waals surface area contributed by atoms with E-state index in [1.54, 1.807) is 0 Å². The molecule has 2 aromatic rings. The van der Waals surface area contributed by atoms with Gasteiger partial charge in [-0.1, -0.05) is 6.07 Å². The summed E-state index contributed by atoms with van der Waals surface area (Å²) in [7, 11) is 1.34. The molecule has 0 heterocycles. The Morgan fingerprint density at radius 2 is 1.52 bits per heavy atom. The molecule has 0 atom stereocenters.